The number of phenols is 1. The lowest BCUT2D eigenvalue weighted by molar-refractivity contribution is -0.111. The largest absolute Gasteiger partial charge is 0.506 e. The first-order valence-corrected chi connectivity index (χ1v) is 14.9. The Morgan fingerprint density at radius 2 is 1.98 bits per heavy atom. The number of phenolic OH excluding ortho intramolecular Hbond substituents is 1. The van der Waals surface area contributed by atoms with Gasteiger partial charge in [0.2, 0.25) is 5.91 Å². The van der Waals surface area contributed by atoms with Crippen molar-refractivity contribution in [3.63, 3.8) is 0 Å². The van der Waals surface area contributed by atoms with Crippen LogP contribution in [0.2, 0.25) is 5.02 Å². The lowest BCUT2D eigenvalue weighted by Crippen LogP contribution is -2.20. The number of hydrogen-bond donors (Lipinski definition) is 4. The highest BCUT2D eigenvalue weighted by atomic mass is 35.5. The molecule has 0 fully saturated rings. The monoisotopic (exact) mass is 631 g/mol. The fraction of sp³-hybridized carbons (Fsp3) is 0.265. The van der Waals surface area contributed by atoms with Gasteiger partial charge >= 0.3 is 0 Å². The number of halogens is 2. The van der Waals surface area contributed by atoms with Crippen molar-refractivity contribution in [3.8, 4) is 17.6 Å². The van der Waals surface area contributed by atoms with E-state index in [4.69, 9.17) is 21.4 Å². The second-order valence-corrected chi connectivity index (χ2v) is 10.9. The zero-order valence-electron chi connectivity index (χ0n) is 24.9. The molecule has 11 heteroatoms. The molecule has 0 bridgehead atoms. The van der Waals surface area contributed by atoms with Gasteiger partial charge in [-0.1, -0.05) is 42.7 Å². The van der Waals surface area contributed by atoms with Crippen molar-refractivity contribution in [2.24, 2.45) is 0 Å². The SMILES string of the molecule is CN(C/C=C/C(=O)Nc1cc2c(Nc3ccc(OCc4cccc(F)c4)c(Cl)c3)c(C#N)cnc2cc1O)CCCCCCO. The summed E-state index contributed by atoms with van der Waals surface area (Å²) >= 11 is 6.48. The van der Waals surface area contributed by atoms with Gasteiger partial charge in [-0.15, -0.1) is 0 Å². The normalized spacial score (nSPS) is 11.2. The number of aromatic nitrogens is 1. The topological polar surface area (TPSA) is 131 Å². The summed E-state index contributed by atoms with van der Waals surface area (Å²) in [4.78, 5) is 19.1. The number of hydrogen-bond acceptors (Lipinski definition) is 8. The van der Waals surface area contributed by atoms with Gasteiger partial charge < -0.3 is 30.5 Å². The molecule has 0 aliphatic rings. The average molecular weight is 632 g/mol. The van der Waals surface area contributed by atoms with E-state index in [1.807, 2.05) is 7.05 Å². The lowest BCUT2D eigenvalue weighted by atomic mass is 10.1. The molecule has 234 valence electrons. The van der Waals surface area contributed by atoms with Gasteiger partial charge in [0.05, 0.1) is 27.5 Å². The highest BCUT2D eigenvalue weighted by Crippen LogP contribution is 2.37. The number of nitriles is 1. The van der Waals surface area contributed by atoms with E-state index in [9.17, 15) is 19.6 Å². The zero-order valence-corrected chi connectivity index (χ0v) is 25.6. The predicted octanol–water partition coefficient (Wildman–Crippen LogP) is 6.91. The molecule has 1 aromatic heterocycles. The summed E-state index contributed by atoms with van der Waals surface area (Å²) in [6, 6.07) is 16.2. The van der Waals surface area contributed by atoms with Gasteiger partial charge in [0, 0.05) is 42.6 Å². The molecule has 4 N–H and O–H groups in total. The van der Waals surface area contributed by atoms with Crippen LogP contribution in [0.15, 0.2) is 72.9 Å². The first-order valence-electron chi connectivity index (χ1n) is 14.5. The van der Waals surface area contributed by atoms with Crippen molar-refractivity contribution in [2.75, 3.05) is 37.4 Å². The van der Waals surface area contributed by atoms with Crippen molar-refractivity contribution in [3.05, 3.63) is 94.9 Å². The Bertz CT molecular complexity index is 1710. The second kappa shape index (κ2) is 16.4. The molecule has 0 aliphatic heterocycles. The average Bonchev–Trinajstić information content (AvgIpc) is 3.01. The molecule has 1 amide bonds. The number of nitrogens with one attached hydrogen (secondary N) is 2. The number of amides is 1. The second-order valence-electron chi connectivity index (χ2n) is 10.5. The molecule has 0 saturated heterocycles. The van der Waals surface area contributed by atoms with Crippen LogP contribution in [-0.2, 0) is 11.4 Å². The Labute approximate surface area is 266 Å². The molecule has 0 spiro atoms. The van der Waals surface area contributed by atoms with Gasteiger partial charge in [0.15, 0.2) is 0 Å². The van der Waals surface area contributed by atoms with Gasteiger partial charge in [0.25, 0.3) is 0 Å². The quantitative estimate of drug-likeness (QED) is 0.0633. The van der Waals surface area contributed by atoms with Crippen LogP contribution in [0, 0.1) is 17.1 Å². The first kappa shape index (κ1) is 33.2. The third kappa shape index (κ3) is 9.65. The number of carbonyl (C=O) groups is 1. The summed E-state index contributed by atoms with van der Waals surface area (Å²) in [6.07, 6.45) is 8.42. The van der Waals surface area contributed by atoms with Gasteiger partial charge in [-0.25, -0.2) is 4.39 Å². The molecule has 45 heavy (non-hydrogen) atoms. The van der Waals surface area contributed by atoms with E-state index in [1.165, 1.54) is 30.5 Å². The maximum atomic E-state index is 13.5. The molecule has 9 nitrogen and oxygen atoms in total. The summed E-state index contributed by atoms with van der Waals surface area (Å²) in [5, 5.41) is 36.0. The molecule has 4 rings (SSSR count). The Kier molecular flexibility index (Phi) is 12.1. The maximum Gasteiger partial charge on any atom is 0.248 e. The number of benzene rings is 3. The van der Waals surface area contributed by atoms with Crippen molar-refractivity contribution in [2.45, 2.75) is 32.3 Å². The van der Waals surface area contributed by atoms with E-state index in [-0.39, 0.29) is 36.0 Å². The molecule has 0 atom stereocenters. The molecular formula is C34H35ClFN5O4. The number of aliphatic hydroxyl groups excluding tert-OH is 1. The van der Waals surface area contributed by atoms with Gasteiger partial charge in [-0.05, 0) is 68.4 Å². The smallest absolute Gasteiger partial charge is 0.248 e. The van der Waals surface area contributed by atoms with Crippen LogP contribution in [-0.4, -0.2) is 52.7 Å². The molecular weight excluding hydrogens is 597 g/mol. The highest BCUT2D eigenvalue weighted by molar-refractivity contribution is 6.32. The van der Waals surface area contributed by atoms with Gasteiger partial charge in [-0.3, -0.25) is 9.78 Å². The summed E-state index contributed by atoms with van der Waals surface area (Å²) in [6.45, 7) is 1.81. The van der Waals surface area contributed by atoms with Crippen LogP contribution in [0.3, 0.4) is 0 Å². The number of carbonyl (C=O) groups excluding carboxylic acids is 1. The van der Waals surface area contributed by atoms with E-state index in [0.29, 0.717) is 45.2 Å². The minimum atomic E-state index is -0.416. The van der Waals surface area contributed by atoms with Crippen LogP contribution < -0.4 is 15.4 Å². The minimum absolute atomic E-state index is 0.133. The van der Waals surface area contributed by atoms with Gasteiger partial charge in [-0.2, -0.15) is 5.26 Å². The molecule has 0 aliphatic carbocycles. The number of anilines is 3. The van der Waals surface area contributed by atoms with E-state index >= 15 is 0 Å². The number of pyridine rings is 1. The van der Waals surface area contributed by atoms with Crippen LogP contribution in [0.25, 0.3) is 10.9 Å². The van der Waals surface area contributed by atoms with E-state index in [0.717, 1.165) is 32.2 Å². The van der Waals surface area contributed by atoms with Crippen LogP contribution in [0.5, 0.6) is 11.5 Å². The summed E-state index contributed by atoms with van der Waals surface area (Å²) in [7, 11) is 1.97. The first-order chi connectivity index (χ1) is 21.8. The zero-order chi connectivity index (χ0) is 32.2. The summed E-state index contributed by atoms with van der Waals surface area (Å²) < 4.78 is 19.3. The van der Waals surface area contributed by atoms with Crippen LogP contribution in [0.1, 0.15) is 36.8 Å². The molecule has 0 radical (unpaired) electrons. The standard InChI is InChI=1S/C34H35ClFN5O4/c1-41(13-4-2-3-5-15-42)14-7-10-33(44)40-30-18-27-29(19-31(30)43)38-21-24(20-37)34(27)39-26-11-12-32(28(35)17-26)45-22-23-8-6-9-25(36)16-23/h6-12,16-19,21,42-43H,2-5,13-15,22H2,1H3,(H,38,39)(H,40,44)/b10-7+. The molecule has 4 aromatic rings. The highest BCUT2D eigenvalue weighted by Gasteiger charge is 2.15. The Morgan fingerprint density at radius 3 is 2.73 bits per heavy atom. The number of unbranched alkanes of at least 4 members (excludes halogenated alkanes) is 3. The summed E-state index contributed by atoms with van der Waals surface area (Å²) in [5.74, 6) is -0.539. The number of rotatable bonds is 15. The molecule has 3 aromatic carbocycles. The van der Waals surface area contributed by atoms with Crippen molar-refractivity contribution >= 4 is 45.5 Å². The van der Waals surface area contributed by atoms with E-state index in [2.05, 4.69) is 26.6 Å². The Hall–Kier alpha value is -4.69. The number of aliphatic hydroxyl groups is 1. The number of fused-ring (bicyclic) bond motifs is 1. The lowest BCUT2D eigenvalue weighted by Gasteiger charge is -2.15. The molecule has 0 unspecified atom stereocenters. The molecule has 0 saturated carbocycles. The predicted molar refractivity (Wildman–Crippen MR) is 174 cm³/mol. The van der Waals surface area contributed by atoms with Crippen LogP contribution in [0.4, 0.5) is 21.5 Å². The minimum Gasteiger partial charge on any atom is -0.506 e. The van der Waals surface area contributed by atoms with E-state index in [1.54, 1.807) is 42.5 Å². The Balaban J connectivity index is 1.46. The van der Waals surface area contributed by atoms with Crippen molar-refractivity contribution in [1.29, 1.82) is 5.26 Å². The van der Waals surface area contributed by atoms with Crippen molar-refractivity contribution in [1.82, 2.24) is 9.88 Å². The number of likely N-dealkylation sites (N-methyl/N-ethyl adjacent to an activating group) is 1. The Morgan fingerprint density at radius 1 is 1.16 bits per heavy atom. The van der Waals surface area contributed by atoms with Crippen molar-refractivity contribution < 1.29 is 24.1 Å². The van der Waals surface area contributed by atoms with E-state index < -0.39 is 5.91 Å². The molecule has 1 heterocycles. The van der Waals surface area contributed by atoms with Crippen LogP contribution >= 0.6 is 11.6 Å². The third-order valence-electron chi connectivity index (χ3n) is 6.98. The summed E-state index contributed by atoms with van der Waals surface area (Å²) in [5.41, 5.74) is 2.44. The number of ether oxygens (including phenoxy) is 1. The number of nitrogens with zero attached hydrogens (tertiary/aromatic N) is 3. The fourth-order valence-corrected chi connectivity index (χ4v) is 4.86. The fourth-order valence-electron chi connectivity index (χ4n) is 4.63. The number of aromatic hydroxyl groups is 1. The van der Waals surface area contributed by atoms with Gasteiger partial charge in [0.1, 0.15) is 30.0 Å². The maximum absolute atomic E-state index is 13.5. The third-order valence-corrected chi connectivity index (χ3v) is 7.28.